The molecule has 2 saturated heterocycles. The molecule has 4 aliphatic carbocycles. The van der Waals surface area contributed by atoms with Gasteiger partial charge in [0.2, 0.25) is 0 Å². The molecule has 290 valence electrons. The zero-order valence-electron chi connectivity index (χ0n) is 30.9. The Kier molecular flexibility index (Phi) is 8.98. The van der Waals surface area contributed by atoms with Gasteiger partial charge in [0, 0.05) is 46.9 Å². The molecule has 2 spiro atoms. The minimum atomic E-state index is -2.27. The summed E-state index contributed by atoms with van der Waals surface area (Å²) in [6.07, 6.45) is 2.41. The highest BCUT2D eigenvalue weighted by molar-refractivity contribution is 5.90. The Morgan fingerprint density at radius 1 is 0.722 bits per heavy atom. The number of aliphatic hydroxyl groups is 2. The number of rotatable bonds is 5. The number of methoxy groups -OCH3 is 2. The quantitative estimate of drug-likeness (QED) is 0.346. The summed E-state index contributed by atoms with van der Waals surface area (Å²) in [6, 6.07) is 9.46. The number of piperidine rings is 2. The average molecular weight is 749 g/mol. The predicted molar refractivity (Wildman–Crippen MR) is 190 cm³/mol. The van der Waals surface area contributed by atoms with Crippen molar-refractivity contribution in [2.24, 2.45) is 11.8 Å². The molecule has 8 aliphatic rings. The van der Waals surface area contributed by atoms with Crippen LogP contribution in [0, 0.1) is 11.8 Å². The number of aliphatic carboxylic acids is 2. The lowest BCUT2D eigenvalue weighted by atomic mass is 9.52. The lowest BCUT2D eigenvalue weighted by Gasteiger charge is -2.57. The molecule has 14 nitrogen and oxygen atoms in total. The first-order chi connectivity index (χ1) is 25.8. The zero-order chi connectivity index (χ0) is 38.4. The molecule has 2 aromatic rings. The molecule has 0 radical (unpaired) electrons. The number of hydrogen-bond donors (Lipinski definition) is 4. The van der Waals surface area contributed by atoms with Crippen LogP contribution in [0.25, 0.3) is 0 Å². The number of aliphatic hydroxyl groups excluding tert-OH is 2. The molecule has 10 rings (SSSR count). The van der Waals surface area contributed by atoms with E-state index in [-0.39, 0.29) is 34.6 Å². The van der Waals surface area contributed by atoms with Crippen molar-refractivity contribution >= 4 is 23.5 Å². The van der Waals surface area contributed by atoms with E-state index in [4.69, 9.17) is 39.4 Å². The minimum absolute atomic E-state index is 0.0933. The van der Waals surface area contributed by atoms with Crippen LogP contribution in [0.4, 0.5) is 0 Å². The van der Waals surface area contributed by atoms with Gasteiger partial charge in [0.15, 0.2) is 59.0 Å². The predicted octanol–water partition coefficient (Wildman–Crippen LogP) is 1.74. The number of ketones is 2. The number of carboxylic acid groups (broad SMARTS) is 2. The molecule has 2 saturated carbocycles. The second-order valence-electron chi connectivity index (χ2n) is 16.1. The number of carboxylic acids is 2. The van der Waals surface area contributed by atoms with Crippen LogP contribution in [-0.4, -0.2) is 132 Å². The molecular weight excluding hydrogens is 700 g/mol. The molecule has 0 aromatic heterocycles. The summed E-state index contributed by atoms with van der Waals surface area (Å²) in [5.41, 5.74) is 5.15. The van der Waals surface area contributed by atoms with E-state index in [9.17, 15) is 19.2 Å². The highest BCUT2D eigenvalue weighted by Crippen LogP contribution is 2.64. The summed E-state index contributed by atoms with van der Waals surface area (Å²) >= 11 is 0. The molecule has 4 aliphatic heterocycles. The maximum absolute atomic E-state index is 12.6. The average Bonchev–Trinajstić information content (AvgIpc) is 3.70. The fraction of sp³-hybridized carbons (Fsp3) is 0.600. The molecule has 54 heavy (non-hydrogen) atoms. The summed E-state index contributed by atoms with van der Waals surface area (Å²) in [7, 11) is 7.82. The van der Waals surface area contributed by atoms with Crippen molar-refractivity contribution in [3.63, 3.8) is 0 Å². The largest absolute Gasteiger partial charge is 0.493 e. The third-order valence-corrected chi connectivity index (χ3v) is 14.0. The van der Waals surface area contributed by atoms with Crippen molar-refractivity contribution in [2.75, 3.05) is 41.4 Å². The number of carbonyl (C=O) groups is 4. The number of likely N-dealkylation sites (N-methyl/N-ethyl adjacent to an activating group) is 2. The van der Waals surface area contributed by atoms with Gasteiger partial charge in [-0.05, 0) is 101 Å². The van der Waals surface area contributed by atoms with Gasteiger partial charge in [0.25, 0.3) is 0 Å². The maximum Gasteiger partial charge on any atom is 0.335 e. The summed E-state index contributed by atoms with van der Waals surface area (Å²) in [5, 5.41) is 32.5. The van der Waals surface area contributed by atoms with E-state index in [0.29, 0.717) is 36.8 Å². The second-order valence-corrected chi connectivity index (χ2v) is 16.1. The molecule has 14 heteroatoms. The van der Waals surface area contributed by atoms with E-state index >= 15 is 0 Å². The fourth-order valence-electron chi connectivity index (χ4n) is 11.6. The van der Waals surface area contributed by atoms with Gasteiger partial charge < -0.3 is 49.2 Å². The van der Waals surface area contributed by atoms with Gasteiger partial charge in [0.05, 0.1) is 14.2 Å². The number of likely N-dealkylation sites (tertiary alicyclic amines) is 2. The van der Waals surface area contributed by atoms with Crippen LogP contribution in [0.5, 0.6) is 23.0 Å². The Morgan fingerprint density at radius 2 is 1.11 bits per heavy atom. The van der Waals surface area contributed by atoms with E-state index in [1.54, 1.807) is 14.2 Å². The fourth-order valence-corrected chi connectivity index (χ4v) is 11.6. The second kappa shape index (κ2) is 13.2. The van der Waals surface area contributed by atoms with Gasteiger partial charge in [-0.25, -0.2) is 9.59 Å². The van der Waals surface area contributed by atoms with Gasteiger partial charge in [-0.2, -0.15) is 0 Å². The number of hydrogen-bond acceptors (Lipinski definition) is 12. The Hall–Kier alpha value is -4.24. The lowest BCUT2D eigenvalue weighted by molar-refractivity contribution is -0.165. The SMILES string of the molecule is COc1ccc2c3c1O[C@H]1C(=O)CC[C@H]4[C@@H](C2)N(C)CC[C@]314.COc1ccc2c3c1O[C@H]1C(=O)CC[C@H]4[C@@H](C2)N(C)CC[C@]314.O=C(O)C(O)C(O)C(=O)O. The lowest BCUT2D eigenvalue weighted by Crippen LogP contribution is -2.65. The molecule has 10 atom stereocenters. The van der Waals surface area contributed by atoms with Gasteiger partial charge in [0.1, 0.15) is 0 Å². The van der Waals surface area contributed by atoms with E-state index < -0.39 is 24.1 Å². The van der Waals surface area contributed by atoms with E-state index in [1.807, 2.05) is 12.1 Å². The smallest absolute Gasteiger partial charge is 0.335 e. The number of nitrogens with zero attached hydrogens (tertiary/aromatic N) is 2. The Labute approximate surface area is 312 Å². The maximum atomic E-state index is 12.6. The minimum Gasteiger partial charge on any atom is -0.493 e. The first kappa shape index (κ1) is 36.7. The molecule has 4 heterocycles. The van der Waals surface area contributed by atoms with Crippen LogP contribution in [0.15, 0.2) is 24.3 Å². The van der Waals surface area contributed by atoms with Crippen molar-refractivity contribution in [3.8, 4) is 23.0 Å². The number of benzene rings is 2. The Morgan fingerprint density at radius 3 is 1.46 bits per heavy atom. The van der Waals surface area contributed by atoms with E-state index in [1.165, 1.54) is 22.3 Å². The molecule has 0 amide bonds. The normalized spacial score (nSPS) is 34.3. The molecule has 2 unspecified atom stereocenters. The van der Waals surface area contributed by atoms with Crippen LogP contribution in [0.1, 0.15) is 60.8 Å². The molecule has 4 N–H and O–H groups in total. The topological polar surface area (TPSA) is 193 Å². The van der Waals surface area contributed by atoms with Crippen LogP contribution in [0.2, 0.25) is 0 Å². The Balaban J connectivity index is 0.000000124. The summed E-state index contributed by atoms with van der Waals surface area (Å²) in [4.78, 5) is 49.8. The number of ether oxygens (including phenoxy) is 4. The van der Waals surface area contributed by atoms with Gasteiger partial charge in [-0.1, -0.05) is 12.1 Å². The summed E-state index contributed by atoms with van der Waals surface area (Å²) in [5.74, 6) is 1.38. The van der Waals surface area contributed by atoms with Gasteiger partial charge >= 0.3 is 11.9 Å². The van der Waals surface area contributed by atoms with Crippen LogP contribution >= 0.6 is 0 Å². The standard InChI is InChI=1S/2C18H21NO3.C4H6O6/c2*1-19-8-7-18-11-4-5-13(20)17(18)22-16-14(21-2)6-3-10(15(16)18)9-12(11)19;5-1(3(7)8)2(6)4(9)10/h2*3,6,11-12,17H,4-5,7-9H2,1-2H3;1-2,5-6H,(H,7,8)(H,9,10)/t2*11-,12+,17-,18-;/m00./s1. The highest BCUT2D eigenvalue weighted by atomic mass is 16.5. The Bertz CT molecular complexity index is 1780. The van der Waals surface area contributed by atoms with Gasteiger partial charge in [-0.3, -0.25) is 9.59 Å². The van der Waals surface area contributed by atoms with E-state index in [2.05, 4.69) is 36.0 Å². The third kappa shape index (κ3) is 5.05. The zero-order valence-corrected chi connectivity index (χ0v) is 30.9. The van der Waals surface area contributed by atoms with Crippen LogP contribution in [-0.2, 0) is 42.8 Å². The van der Waals surface area contributed by atoms with Gasteiger partial charge in [-0.15, -0.1) is 0 Å². The monoisotopic (exact) mass is 748 g/mol. The molecular formula is C40H48N2O12. The molecule has 4 fully saturated rings. The van der Waals surface area contributed by atoms with Crippen molar-refractivity contribution in [1.29, 1.82) is 0 Å². The first-order valence-corrected chi connectivity index (χ1v) is 18.8. The summed E-state index contributed by atoms with van der Waals surface area (Å²) in [6.45, 7) is 2.09. The summed E-state index contributed by atoms with van der Waals surface area (Å²) < 4.78 is 23.6. The molecule has 4 bridgehead atoms. The van der Waals surface area contributed by atoms with Crippen molar-refractivity contribution < 1.29 is 58.6 Å². The van der Waals surface area contributed by atoms with Crippen LogP contribution in [0.3, 0.4) is 0 Å². The molecule has 2 aromatic carbocycles. The van der Waals surface area contributed by atoms with Crippen molar-refractivity contribution in [2.45, 2.75) is 98.7 Å². The van der Waals surface area contributed by atoms with Crippen molar-refractivity contribution in [1.82, 2.24) is 9.80 Å². The first-order valence-electron chi connectivity index (χ1n) is 18.8. The highest BCUT2D eigenvalue weighted by Gasteiger charge is 2.67. The number of carbonyl (C=O) groups excluding carboxylic acids is 2. The van der Waals surface area contributed by atoms with Crippen molar-refractivity contribution in [3.05, 3.63) is 46.5 Å². The number of Topliss-reactive ketones (excluding diaryl/α,β-unsaturated/α-hetero) is 2. The van der Waals surface area contributed by atoms with Crippen LogP contribution < -0.4 is 18.9 Å². The van der Waals surface area contributed by atoms with E-state index in [0.717, 1.165) is 74.6 Å². The third-order valence-electron chi connectivity index (χ3n) is 14.0.